The molecule has 4 aromatic rings. The number of rotatable bonds is 12. The lowest BCUT2D eigenvalue weighted by Crippen LogP contribution is -2.19. The van der Waals surface area contributed by atoms with E-state index in [0.717, 1.165) is 0 Å². The van der Waals surface area contributed by atoms with Crippen LogP contribution < -0.4 is 24.8 Å². The van der Waals surface area contributed by atoms with E-state index in [1.165, 1.54) is 6.33 Å². The fourth-order valence-electron chi connectivity index (χ4n) is 3.53. The number of urea groups is 1. The van der Waals surface area contributed by atoms with Gasteiger partial charge in [-0.15, -0.1) is 12.4 Å². The molecule has 0 unspecified atom stereocenters. The maximum absolute atomic E-state index is 12.5. The summed E-state index contributed by atoms with van der Waals surface area (Å²) in [6.45, 7) is 7.49. The van der Waals surface area contributed by atoms with Crippen molar-refractivity contribution in [2.24, 2.45) is 0 Å². The lowest BCUT2D eigenvalue weighted by atomic mass is 9.93. The summed E-state index contributed by atoms with van der Waals surface area (Å²) in [5.41, 5.74) is 0.882. The number of amides is 2. The van der Waals surface area contributed by atoms with E-state index in [0.29, 0.717) is 77.7 Å². The van der Waals surface area contributed by atoms with E-state index < -0.39 is 6.03 Å². The largest absolute Gasteiger partial charge is 0.487 e. The fraction of sp³-hybridized carbons (Fsp3) is 0.357. The molecule has 2 amide bonds. The van der Waals surface area contributed by atoms with Crippen LogP contribution >= 0.6 is 12.4 Å². The third kappa shape index (κ3) is 8.68. The maximum atomic E-state index is 12.5. The maximum Gasteiger partial charge on any atom is 0.324 e. The van der Waals surface area contributed by atoms with Crippen molar-refractivity contribution in [1.29, 1.82) is 0 Å². The Morgan fingerprint density at radius 3 is 2.27 bits per heavy atom. The van der Waals surface area contributed by atoms with Crippen LogP contribution in [0.5, 0.6) is 23.1 Å². The van der Waals surface area contributed by atoms with Gasteiger partial charge in [-0.05, 0) is 18.2 Å². The first kappa shape index (κ1) is 31.4. The summed E-state index contributed by atoms with van der Waals surface area (Å²) in [6.07, 6.45) is 1.40. The average molecular weight is 588 g/mol. The molecular weight excluding hydrogens is 554 g/mol. The number of hydrogen-bond acceptors (Lipinski definition) is 10. The van der Waals surface area contributed by atoms with Crippen LogP contribution in [-0.2, 0) is 14.9 Å². The number of anilines is 2. The van der Waals surface area contributed by atoms with E-state index in [4.69, 9.17) is 28.2 Å². The highest BCUT2D eigenvalue weighted by Gasteiger charge is 2.20. The van der Waals surface area contributed by atoms with Gasteiger partial charge >= 0.3 is 6.03 Å². The molecule has 2 heterocycles. The molecule has 0 radical (unpaired) electrons. The lowest BCUT2D eigenvalue weighted by Gasteiger charge is -2.15. The lowest BCUT2D eigenvalue weighted by molar-refractivity contribution is 0.132. The highest BCUT2D eigenvalue weighted by atomic mass is 35.5. The molecule has 2 aromatic heterocycles. The summed E-state index contributed by atoms with van der Waals surface area (Å²) in [7, 11) is 3.20. The van der Waals surface area contributed by atoms with Crippen LogP contribution in [0.3, 0.4) is 0 Å². The standard InChI is InChI=1S/C28H33N5O7.ClH/c1-28(2,3)24-16-25(33-40-24)32-27(34)31-18-7-6-8-19(13-18)39-26-20-14-22(37-11-9-35-4)23(38-12-10-36-5)15-21(20)29-17-30-26;/h6-8,13-17H,9-12H2,1-5H3,(H2,31,32,33,34);1H. The minimum Gasteiger partial charge on any atom is -0.487 e. The first-order chi connectivity index (χ1) is 19.3. The van der Waals surface area contributed by atoms with Crippen molar-refractivity contribution >= 4 is 40.8 Å². The zero-order valence-corrected chi connectivity index (χ0v) is 24.4. The van der Waals surface area contributed by atoms with Crippen LogP contribution in [0, 0.1) is 0 Å². The zero-order chi connectivity index (χ0) is 28.5. The Morgan fingerprint density at radius 1 is 0.902 bits per heavy atom. The molecule has 0 spiro atoms. The molecule has 0 aliphatic carbocycles. The van der Waals surface area contributed by atoms with Gasteiger partial charge in [-0.1, -0.05) is 32.0 Å². The topological polar surface area (TPSA) is 139 Å². The SMILES string of the molecule is COCCOc1cc2ncnc(Oc3cccc(NC(=O)Nc4cc(C(C)(C)C)on4)c3)c2cc1OCCOC.Cl. The molecule has 0 bridgehead atoms. The van der Waals surface area contributed by atoms with Gasteiger partial charge in [0.1, 0.15) is 31.1 Å². The second kappa shape index (κ2) is 14.5. The number of hydrogen-bond donors (Lipinski definition) is 2. The van der Waals surface area contributed by atoms with E-state index in [1.54, 1.807) is 56.7 Å². The number of nitrogens with zero attached hydrogens (tertiary/aromatic N) is 3. The van der Waals surface area contributed by atoms with Gasteiger partial charge in [0.25, 0.3) is 0 Å². The van der Waals surface area contributed by atoms with Gasteiger partial charge in [0.2, 0.25) is 5.88 Å². The number of fused-ring (bicyclic) bond motifs is 1. The number of nitrogens with one attached hydrogen (secondary N) is 2. The minimum absolute atomic E-state index is 0. The normalized spacial score (nSPS) is 11.0. The number of ether oxygens (including phenoxy) is 5. The average Bonchev–Trinajstić information content (AvgIpc) is 3.39. The third-order valence-electron chi connectivity index (χ3n) is 5.55. The summed E-state index contributed by atoms with van der Waals surface area (Å²) < 4.78 is 33.3. The van der Waals surface area contributed by atoms with Crippen LogP contribution in [0.4, 0.5) is 16.3 Å². The van der Waals surface area contributed by atoms with Gasteiger partial charge in [-0.25, -0.2) is 14.8 Å². The van der Waals surface area contributed by atoms with E-state index in [2.05, 4.69) is 25.8 Å². The minimum atomic E-state index is -0.475. The Kier molecular flexibility index (Phi) is 11.1. The number of aromatic nitrogens is 3. The number of methoxy groups -OCH3 is 2. The van der Waals surface area contributed by atoms with Gasteiger partial charge in [0.05, 0.1) is 24.1 Å². The summed E-state index contributed by atoms with van der Waals surface area (Å²) >= 11 is 0. The van der Waals surface area contributed by atoms with E-state index in [9.17, 15) is 4.79 Å². The molecule has 12 nitrogen and oxygen atoms in total. The van der Waals surface area contributed by atoms with Crippen LogP contribution in [0.25, 0.3) is 10.9 Å². The van der Waals surface area contributed by atoms with Crippen LogP contribution in [0.2, 0.25) is 0 Å². The van der Waals surface area contributed by atoms with E-state index >= 15 is 0 Å². The van der Waals surface area contributed by atoms with Crippen molar-refractivity contribution in [3.05, 3.63) is 54.6 Å². The van der Waals surface area contributed by atoms with Crippen molar-refractivity contribution in [3.8, 4) is 23.1 Å². The van der Waals surface area contributed by atoms with Crippen molar-refractivity contribution in [3.63, 3.8) is 0 Å². The van der Waals surface area contributed by atoms with Gasteiger partial charge in [0.15, 0.2) is 17.3 Å². The zero-order valence-electron chi connectivity index (χ0n) is 23.6. The number of carbonyl (C=O) groups excluding carboxylic acids is 1. The van der Waals surface area contributed by atoms with Crippen molar-refractivity contribution in [1.82, 2.24) is 15.1 Å². The molecule has 0 atom stereocenters. The van der Waals surface area contributed by atoms with Crippen molar-refractivity contribution in [2.75, 3.05) is 51.3 Å². The highest BCUT2D eigenvalue weighted by Crippen LogP contribution is 2.36. The molecule has 2 aromatic carbocycles. The fourth-order valence-corrected chi connectivity index (χ4v) is 3.53. The summed E-state index contributed by atoms with van der Waals surface area (Å²) in [5.74, 6) is 2.76. The third-order valence-corrected chi connectivity index (χ3v) is 5.55. The van der Waals surface area contributed by atoms with Crippen molar-refractivity contribution < 1.29 is 33.0 Å². The number of carbonyl (C=O) groups is 1. The number of halogens is 1. The molecule has 13 heteroatoms. The monoisotopic (exact) mass is 587 g/mol. The smallest absolute Gasteiger partial charge is 0.324 e. The Bertz CT molecular complexity index is 1440. The number of benzene rings is 2. The molecule has 0 fully saturated rings. The molecular formula is C28H34ClN5O7. The highest BCUT2D eigenvalue weighted by molar-refractivity contribution is 5.99. The first-order valence-electron chi connectivity index (χ1n) is 12.6. The summed E-state index contributed by atoms with van der Waals surface area (Å²) in [6, 6.07) is 11.7. The quantitative estimate of drug-likeness (QED) is 0.195. The molecule has 0 saturated carbocycles. The Balaban J connectivity index is 0.00000462. The molecule has 4 rings (SSSR count). The predicted octanol–water partition coefficient (Wildman–Crippen LogP) is 5.82. The first-order valence-corrected chi connectivity index (χ1v) is 12.6. The van der Waals surface area contributed by atoms with Gasteiger partial charge in [-0.2, -0.15) is 0 Å². The predicted molar refractivity (Wildman–Crippen MR) is 156 cm³/mol. The van der Waals surface area contributed by atoms with Crippen molar-refractivity contribution in [2.45, 2.75) is 26.2 Å². The van der Waals surface area contributed by atoms with E-state index in [-0.39, 0.29) is 17.8 Å². The second-order valence-electron chi connectivity index (χ2n) is 9.71. The summed E-state index contributed by atoms with van der Waals surface area (Å²) in [4.78, 5) is 21.2. The molecule has 220 valence electrons. The molecule has 0 saturated heterocycles. The molecule has 2 N–H and O–H groups in total. The van der Waals surface area contributed by atoms with Gasteiger partial charge < -0.3 is 33.5 Å². The Hall–Kier alpha value is -4.13. The van der Waals surface area contributed by atoms with Crippen LogP contribution in [0.1, 0.15) is 26.5 Å². The molecule has 0 aliphatic rings. The summed E-state index contributed by atoms with van der Waals surface area (Å²) in [5, 5.41) is 9.96. The van der Waals surface area contributed by atoms with Gasteiger partial charge in [-0.3, -0.25) is 5.32 Å². The Labute approximate surface area is 244 Å². The van der Waals surface area contributed by atoms with E-state index in [1.807, 2.05) is 20.8 Å². The van der Waals surface area contributed by atoms with Crippen LogP contribution in [0.15, 0.2) is 53.3 Å². The molecule has 0 aliphatic heterocycles. The van der Waals surface area contributed by atoms with Gasteiger partial charge in [0, 0.05) is 43.5 Å². The Morgan fingerprint density at radius 2 is 1.61 bits per heavy atom. The second-order valence-corrected chi connectivity index (χ2v) is 9.71. The van der Waals surface area contributed by atoms with Crippen LogP contribution in [-0.4, -0.2) is 61.8 Å². The molecule has 41 heavy (non-hydrogen) atoms.